The summed E-state index contributed by atoms with van der Waals surface area (Å²) in [6.45, 7) is 6.59. The van der Waals surface area contributed by atoms with Gasteiger partial charge in [0, 0.05) is 12.7 Å². The Morgan fingerprint density at radius 1 is 1.21 bits per heavy atom. The van der Waals surface area contributed by atoms with Crippen molar-refractivity contribution in [3.05, 3.63) is 35.4 Å². The minimum Gasteiger partial charge on any atom is -0.376 e. The Morgan fingerprint density at radius 3 is 2.32 bits per heavy atom. The van der Waals surface area contributed by atoms with E-state index in [2.05, 4.69) is 5.32 Å². The van der Waals surface area contributed by atoms with E-state index in [0.29, 0.717) is 24.9 Å². The highest BCUT2D eigenvalue weighted by Crippen LogP contribution is 2.36. The van der Waals surface area contributed by atoms with E-state index in [4.69, 9.17) is 4.74 Å². The molecule has 0 saturated heterocycles. The maximum Gasteiger partial charge on any atom is 0.128 e. The Balaban J connectivity index is 3.29. The summed E-state index contributed by atoms with van der Waals surface area (Å²) in [5.74, 6) is -0.841. The number of ether oxygens (including phenoxy) is 1. The van der Waals surface area contributed by atoms with Crippen LogP contribution in [0.5, 0.6) is 0 Å². The molecule has 0 spiro atoms. The maximum atomic E-state index is 14.0. The fourth-order valence-electron chi connectivity index (χ4n) is 2.58. The fraction of sp³-hybridized carbons (Fsp3) is 0.600. The van der Waals surface area contributed by atoms with Crippen LogP contribution in [0.15, 0.2) is 18.2 Å². The third-order valence-corrected chi connectivity index (χ3v) is 3.81. The molecule has 0 aliphatic heterocycles. The lowest BCUT2D eigenvalue weighted by atomic mass is 9.83. The van der Waals surface area contributed by atoms with Crippen molar-refractivity contribution in [3.8, 4) is 0 Å². The molecule has 0 aliphatic carbocycles. The average Bonchev–Trinajstić information content (AvgIpc) is 2.43. The number of hydrogen-bond donors (Lipinski definition) is 1. The third kappa shape index (κ3) is 3.31. The van der Waals surface area contributed by atoms with E-state index in [1.165, 1.54) is 12.1 Å². The van der Waals surface area contributed by atoms with Gasteiger partial charge in [-0.15, -0.1) is 0 Å². The van der Waals surface area contributed by atoms with Gasteiger partial charge in [-0.3, -0.25) is 0 Å². The third-order valence-electron chi connectivity index (χ3n) is 3.81. The monoisotopic (exact) mass is 271 g/mol. The van der Waals surface area contributed by atoms with Gasteiger partial charge in [-0.05, 0) is 37.6 Å². The van der Waals surface area contributed by atoms with Crippen LogP contribution in [-0.2, 0) is 4.74 Å². The normalized spacial score (nSPS) is 13.6. The van der Waals surface area contributed by atoms with Crippen LogP contribution in [0.1, 0.15) is 45.2 Å². The summed E-state index contributed by atoms with van der Waals surface area (Å²) in [7, 11) is 1.62. The molecule has 1 aromatic carbocycles. The summed E-state index contributed by atoms with van der Waals surface area (Å²) in [6.07, 6.45) is 1.43. The van der Waals surface area contributed by atoms with Crippen LogP contribution in [-0.4, -0.2) is 19.3 Å². The van der Waals surface area contributed by atoms with Crippen LogP contribution in [0.2, 0.25) is 0 Å². The minimum atomic E-state index is -0.537. The van der Waals surface area contributed by atoms with Crippen LogP contribution in [0.25, 0.3) is 0 Å². The van der Waals surface area contributed by atoms with Crippen LogP contribution in [0, 0.1) is 11.6 Å². The van der Waals surface area contributed by atoms with Crippen molar-refractivity contribution in [2.45, 2.75) is 45.3 Å². The number of likely N-dealkylation sites (N-methyl/N-ethyl adjacent to an activating group) is 1. The smallest absolute Gasteiger partial charge is 0.128 e. The van der Waals surface area contributed by atoms with E-state index >= 15 is 0 Å². The largest absolute Gasteiger partial charge is 0.376 e. The van der Waals surface area contributed by atoms with Crippen molar-refractivity contribution in [1.82, 2.24) is 5.32 Å². The van der Waals surface area contributed by atoms with Crippen molar-refractivity contribution >= 4 is 0 Å². The Labute approximate surface area is 114 Å². The topological polar surface area (TPSA) is 21.3 Å². The molecule has 0 heterocycles. The molecule has 0 saturated carbocycles. The Bertz CT molecular complexity index is 397. The zero-order valence-corrected chi connectivity index (χ0v) is 12.1. The molecule has 108 valence electrons. The van der Waals surface area contributed by atoms with Gasteiger partial charge in [-0.25, -0.2) is 8.78 Å². The van der Waals surface area contributed by atoms with E-state index in [9.17, 15) is 8.78 Å². The first kappa shape index (κ1) is 16.1. The molecule has 0 bridgehead atoms. The molecular formula is C15H23F2NO. The first-order valence-electron chi connectivity index (χ1n) is 6.78. The summed E-state index contributed by atoms with van der Waals surface area (Å²) >= 11 is 0. The molecule has 2 nitrogen and oxygen atoms in total. The molecule has 1 rings (SSSR count). The average molecular weight is 271 g/mol. The lowest BCUT2D eigenvalue weighted by Crippen LogP contribution is -2.45. The lowest BCUT2D eigenvalue weighted by Gasteiger charge is -2.39. The quantitative estimate of drug-likeness (QED) is 0.814. The zero-order chi connectivity index (χ0) is 14.5. The number of benzene rings is 1. The summed E-state index contributed by atoms with van der Waals surface area (Å²) in [5, 5.41) is 3.23. The maximum absolute atomic E-state index is 14.0. The van der Waals surface area contributed by atoms with Crippen LogP contribution in [0.3, 0.4) is 0 Å². The summed E-state index contributed by atoms with van der Waals surface area (Å²) in [4.78, 5) is 0. The van der Waals surface area contributed by atoms with Crippen LogP contribution >= 0.6 is 0 Å². The molecule has 1 aromatic rings. The van der Waals surface area contributed by atoms with Gasteiger partial charge in [0.05, 0.1) is 11.6 Å². The minimum absolute atomic E-state index is 0.326. The van der Waals surface area contributed by atoms with Crippen molar-refractivity contribution < 1.29 is 13.5 Å². The highest BCUT2D eigenvalue weighted by molar-refractivity contribution is 5.25. The van der Waals surface area contributed by atoms with Gasteiger partial charge < -0.3 is 10.1 Å². The van der Waals surface area contributed by atoms with Crippen LogP contribution in [0.4, 0.5) is 8.78 Å². The molecule has 1 N–H and O–H groups in total. The summed E-state index contributed by atoms with van der Waals surface area (Å²) in [6, 6.07) is 3.18. The number of hydrogen-bond acceptors (Lipinski definition) is 2. The number of nitrogens with one attached hydrogen (secondary N) is 1. The molecule has 0 fully saturated rings. The molecule has 0 aromatic heterocycles. The highest BCUT2D eigenvalue weighted by Gasteiger charge is 2.37. The van der Waals surface area contributed by atoms with Gasteiger partial charge >= 0.3 is 0 Å². The zero-order valence-electron chi connectivity index (χ0n) is 12.1. The highest BCUT2D eigenvalue weighted by atomic mass is 19.1. The molecule has 1 unspecified atom stereocenters. The Hall–Kier alpha value is -1.00. The molecular weight excluding hydrogens is 248 g/mol. The van der Waals surface area contributed by atoms with E-state index in [0.717, 1.165) is 6.07 Å². The Morgan fingerprint density at radius 2 is 1.84 bits per heavy atom. The summed E-state index contributed by atoms with van der Waals surface area (Å²) in [5.41, 5.74) is -0.211. The van der Waals surface area contributed by atoms with Crippen molar-refractivity contribution in [3.63, 3.8) is 0 Å². The molecule has 0 amide bonds. The van der Waals surface area contributed by atoms with Gasteiger partial charge in [0.2, 0.25) is 0 Å². The van der Waals surface area contributed by atoms with Crippen molar-refractivity contribution in [2.75, 3.05) is 13.7 Å². The second-order valence-electron chi connectivity index (χ2n) is 4.63. The molecule has 0 radical (unpaired) electrons. The first-order chi connectivity index (χ1) is 9.04. The summed E-state index contributed by atoms with van der Waals surface area (Å²) < 4.78 is 33.1. The van der Waals surface area contributed by atoms with Gasteiger partial charge in [-0.2, -0.15) is 0 Å². The molecule has 19 heavy (non-hydrogen) atoms. The lowest BCUT2D eigenvalue weighted by molar-refractivity contribution is -0.0491. The standard InChI is InChI=1S/C15H23F2NO/c1-5-15(6-2,19-4)14(18-7-3)12-10-11(16)8-9-13(12)17/h8-10,14,18H,5-7H2,1-4H3. The predicted molar refractivity (Wildman–Crippen MR) is 73.1 cm³/mol. The number of halogens is 2. The molecule has 0 aliphatic rings. The van der Waals surface area contributed by atoms with E-state index < -0.39 is 17.2 Å². The SMILES string of the molecule is CCNC(c1cc(F)ccc1F)C(CC)(CC)OC. The second kappa shape index (κ2) is 6.96. The second-order valence-corrected chi connectivity index (χ2v) is 4.63. The molecule has 4 heteroatoms. The van der Waals surface area contributed by atoms with Crippen molar-refractivity contribution in [2.24, 2.45) is 0 Å². The molecule has 1 atom stereocenters. The predicted octanol–water partition coefficient (Wildman–Crippen LogP) is 3.82. The first-order valence-corrected chi connectivity index (χ1v) is 6.78. The van der Waals surface area contributed by atoms with Gasteiger partial charge in [0.15, 0.2) is 0 Å². The Kier molecular flexibility index (Phi) is 5.88. The van der Waals surface area contributed by atoms with E-state index in [1.54, 1.807) is 7.11 Å². The van der Waals surface area contributed by atoms with E-state index in [-0.39, 0.29) is 6.04 Å². The number of rotatable bonds is 7. The van der Waals surface area contributed by atoms with Crippen LogP contribution < -0.4 is 5.32 Å². The van der Waals surface area contributed by atoms with Gasteiger partial charge in [-0.1, -0.05) is 20.8 Å². The van der Waals surface area contributed by atoms with E-state index in [1.807, 2.05) is 20.8 Å². The van der Waals surface area contributed by atoms with Gasteiger partial charge in [0.25, 0.3) is 0 Å². The fourth-order valence-corrected chi connectivity index (χ4v) is 2.58. The number of methoxy groups -OCH3 is 1. The van der Waals surface area contributed by atoms with Gasteiger partial charge in [0.1, 0.15) is 11.6 Å². The van der Waals surface area contributed by atoms with Crippen molar-refractivity contribution in [1.29, 1.82) is 0 Å².